The van der Waals surface area contributed by atoms with Crippen molar-refractivity contribution in [1.82, 2.24) is 20.9 Å². The van der Waals surface area contributed by atoms with E-state index in [1.54, 1.807) is 14.1 Å². The van der Waals surface area contributed by atoms with E-state index in [-0.39, 0.29) is 5.91 Å². The molecule has 1 amide bonds. The van der Waals surface area contributed by atoms with Crippen LogP contribution in [0.2, 0.25) is 0 Å². The molecule has 1 heterocycles. The molecule has 3 N–H and O–H groups in total. The summed E-state index contributed by atoms with van der Waals surface area (Å²) in [5.74, 6) is 0.785. The largest absolute Gasteiger partial charge is 0.359 e. The average molecular weight is 326 g/mol. The van der Waals surface area contributed by atoms with Gasteiger partial charge in [-0.05, 0) is 46.6 Å². The van der Waals surface area contributed by atoms with Gasteiger partial charge in [0.05, 0.1) is 5.41 Å². The van der Waals surface area contributed by atoms with E-state index in [2.05, 4.69) is 32.8 Å². The third-order valence-corrected chi connectivity index (χ3v) is 4.62. The van der Waals surface area contributed by atoms with Gasteiger partial charge in [0.1, 0.15) is 0 Å². The topological polar surface area (TPSA) is 68.8 Å². The number of amides is 1. The molecule has 6 nitrogen and oxygen atoms in total. The lowest BCUT2D eigenvalue weighted by atomic mass is 9.92. The molecule has 1 aliphatic rings. The standard InChI is InChI=1S/C17H35N5O/c1-14-9-6-7-11-22(14)12-8-10-20-16(19-5)21-13-17(2,3)15(23)18-4/h14H,6-13H2,1-5H3,(H,18,23)(H2,19,20,21). The lowest BCUT2D eigenvalue weighted by molar-refractivity contribution is -0.128. The van der Waals surface area contributed by atoms with E-state index in [1.807, 2.05) is 13.8 Å². The molecule has 0 aromatic rings. The van der Waals surface area contributed by atoms with Crippen molar-refractivity contribution in [3.05, 3.63) is 0 Å². The van der Waals surface area contributed by atoms with Crippen LogP contribution in [0.4, 0.5) is 0 Å². The molecule has 1 saturated heterocycles. The van der Waals surface area contributed by atoms with E-state index in [4.69, 9.17) is 0 Å². The highest BCUT2D eigenvalue weighted by Crippen LogP contribution is 2.16. The van der Waals surface area contributed by atoms with Gasteiger partial charge in [0, 0.05) is 39.8 Å². The van der Waals surface area contributed by atoms with E-state index in [9.17, 15) is 4.79 Å². The van der Waals surface area contributed by atoms with Crippen molar-refractivity contribution in [3.8, 4) is 0 Å². The SMILES string of the molecule is CN=C(NCCCN1CCCCC1C)NCC(C)(C)C(=O)NC. The highest BCUT2D eigenvalue weighted by atomic mass is 16.2. The molecule has 1 atom stereocenters. The molecule has 0 aromatic carbocycles. The Kier molecular flexibility index (Phi) is 8.37. The van der Waals surface area contributed by atoms with Gasteiger partial charge < -0.3 is 20.9 Å². The summed E-state index contributed by atoms with van der Waals surface area (Å²) in [6, 6.07) is 0.717. The monoisotopic (exact) mass is 325 g/mol. The number of guanidine groups is 1. The number of rotatable bonds is 7. The van der Waals surface area contributed by atoms with Crippen LogP contribution in [-0.4, -0.2) is 63.1 Å². The van der Waals surface area contributed by atoms with Crippen LogP contribution in [-0.2, 0) is 4.79 Å². The summed E-state index contributed by atoms with van der Waals surface area (Å²) < 4.78 is 0. The molecule has 0 spiro atoms. The van der Waals surface area contributed by atoms with Gasteiger partial charge in [-0.1, -0.05) is 6.42 Å². The van der Waals surface area contributed by atoms with Crippen molar-refractivity contribution < 1.29 is 4.79 Å². The van der Waals surface area contributed by atoms with Crippen LogP contribution in [0.15, 0.2) is 4.99 Å². The quantitative estimate of drug-likeness (QED) is 0.374. The highest BCUT2D eigenvalue weighted by Gasteiger charge is 2.26. The van der Waals surface area contributed by atoms with Crippen molar-refractivity contribution in [2.24, 2.45) is 10.4 Å². The summed E-state index contributed by atoms with van der Waals surface area (Å²) >= 11 is 0. The molecule has 0 saturated carbocycles. The number of carbonyl (C=O) groups excluding carboxylic acids is 1. The zero-order valence-corrected chi connectivity index (χ0v) is 15.5. The molecule has 0 aromatic heterocycles. The molecule has 1 aliphatic heterocycles. The predicted molar refractivity (Wildman–Crippen MR) is 96.7 cm³/mol. The Morgan fingerprint density at radius 3 is 2.65 bits per heavy atom. The highest BCUT2D eigenvalue weighted by molar-refractivity contribution is 5.84. The molecular formula is C17H35N5O. The molecule has 23 heavy (non-hydrogen) atoms. The van der Waals surface area contributed by atoms with Crippen molar-refractivity contribution in [1.29, 1.82) is 0 Å². The average Bonchev–Trinajstić information content (AvgIpc) is 2.54. The van der Waals surface area contributed by atoms with Crippen LogP contribution >= 0.6 is 0 Å². The molecule has 1 fully saturated rings. The first-order chi connectivity index (χ1) is 10.9. The minimum absolute atomic E-state index is 0.0274. The van der Waals surface area contributed by atoms with Gasteiger partial charge >= 0.3 is 0 Å². The summed E-state index contributed by atoms with van der Waals surface area (Å²) in [7, 11) is 3.42. The van der Waals surface area contributed by atoms with Crippen LogP contribution in [0.3, 0.4) is 0 Å². The van der Waals surface area contributed by atoms with Gasteiger partial charge in [-0.2, -0.15) is 0 Å². The van der Waals surface area contributed by atoms with E-state index in [1.165, 1.54) is 25.8 Å². The fraction of sp³-hybridized carbons (Fsp3) is 0.882. The Labute approximate surface area is 141 Å². The van der Waals surface area contributed by atoms with Crippen LogP contribution in [0.1, 0.15) is 46.5 Å². The number of hydrogen-bond acceptors (Lipinski definition) is 3. The first kappa shape index (κ1) is 19.7. The maximum atomic E-state index is 11.8. The van der Waals surface area contributed by atoms with Gasteiger partial charge in [0.2, 0.25) is 5.91 Å². The fourth-order valence-corrected chi connectivity index (χ4v) is 2.92. The first-order valence-electron chi connectivity index (χ1n) is 8.81. The summed E-state index contributed by atoms with van der Waals surface area (Å²) in [6.07, 6.45) is 5.12. The molecular weight excluding hydrogens is 290 g/mol. The molecule has 6 heteroatoms. The second-order valence-electron chi connectivity index (χ2n) is 7.05. The third kappa shape index (κ3) is 6.77. The number of piperidine rings is 1. The Morgan fingerprint density at radius 2 is 2.04 bits per heavy atom. The number of nitrogens with one attached hydrogen (secondary N) is 3. The van der Waals surface area contributed by atoms with Gasteiger partial charge in [-0.3, -0.25) is 9.79 Å². The van der Waals surface area contributed by atoms with Crippen molar-refractivity contribution in [2.75, 3.05) is 40.3 Å². The number of nitrogens with zero attached hydrogens (tertiary/aromatic N) is 2. The summed E-state index contributed by atoms with van der Waals surface area (Å²) in [5, 5.41) is 9.27. The van der Waals surface area contributed by atoms with E-state index < -0.39 is 5.41 Å². The minimum Gasteiger partial charge on any atom is -0.359 e. The maximum absolute atomic E-state index is 11.8. The van der Waals surface area contributed by atoms with E-state index in [0.717, 1.165) is 31.5 Å². The van der Waals surface area contributed by atoms with Crippen molar-refractivity contribution in [3.63, 3.8) is 0 Å². The molecule has 0 radical (unpaired) electrons. The Morgan fingerprint density at radius 1 is 1.30 bits per heavy atom. The maximum Gasteiger partial charge on any atom is 0.227 e. The summed E-state index contributed by atoms with van der Waals surface area (Å²) in [4.78, 5) is 18.6. The third-order valence-electron chi connectivity index (χ3n) is 4.62. The lowest BCUT2D eigenvalue weighted by Crippen LogP contribution is -2.47. The molecule has 1 unspecified atom stereocenters. The number of hydrogen-bond donors (Lipinski definition) is 3. The molecule has 0 aliphatic carbocycles. The smallest absolute Gasteiger partial charge is 0.227 e. The summed E-state index contributed by atoms with van der Waals surface area (Å²) in [5.41, 5.74) is -0.463. The number of likely N-dealkylation sites (tertiary alicyclic amines) is 1. The van der Waals surface area contributed by atoms with Gasteiger partial charge in [-0.15, -0.1) is 0 Å². The van der Waals surface area contributed by atoms with Crippen LogP contribution in [0, 0.1) is 5.41 Å². The predicted octanol–water partition coefficient (Wildman–Crippen LogP) is 1.19. The van der Waals surface area contributed by atoms with E-state index >= 15 is 0 Å². The normalized spacial score (nSPS) is 20.2. The molecule has 134 valence electrons. The zero-order valence-electron chi connectivity index (χ0n) is 15.5. The Bertz CT molecular complexity index is 394. The zero-order chi connectivity index (χ0) is 17.3. The fourth-order valence-electron chi connectivity index (χ4n) is 2.92. The first-order valence-corrected chi connectivity index (χ1v) is 8.81. The second-order valence-corrected chi connectivity index (χ2v) is 7.05. The number of aliphatic imine (C=N–C) groups is 1. The Balaban J connectivity index is 2.25. The second kappa shape index (κ2) is 9.75. The van der Waals surface area contributed by atoms with Gasteiger partial charge in [0.25, 0.3) is 0 Å². The van der Waals surface area contributed by atoms with Crippen LogP contribution in [0.25, 0.3) is 0 Å². The Hall–Kier alpha value is -1.30. The van der Waals surface area contributed by atoms with Crippen LogP contribution < -0.4 is 16.0 Å². The van der Waals surface area contributed by atoms with Gasteiger partial charge in [0.15, 0.2) is 5.96 Å². The minimum atomic E-state index is -0.463. The van der Waals surface area contributed by atoms with E-state index in [0.29, 0.717) is 6.54 Å². The van der Waals surface area contributed by atoms with Crippen molar-refractivity contribution in [2.45, 2.75) is 52.5 Å². The number of carbonyl (C=O) groups is 1. The van der Waals surface area contributed by atoms with Gasteiger partial charge in [-0.25, -0.2) is 0 Å². The van der Waals surface area contributed by atoms with Crippen LogP contribution in [0.5, 0.6) is 0 Å². The molecule has 1 rings (SSSR count). The summed E-state index contributed by atoms with van der Waals surface area (Å²) in [6.45, 7) is 9.98. The lowest BCUT2D eigenvalue weighted by Gasteiger charge is -2.33. The van der Waals surface area contributed by atoms with Crippen molar-refractivity contribution >= 4 is 11.9 Å². The molecule has 0 bridgehead atoms.